The topological polar surface area (TPSA) is 51.5 Å². The van der Waals surface area contributed by atoms with E-state index >= 15 is 0 Å². The van der Waals surface area contributed by atoms with Crippen LogP contribution in [0, 0.1) is 5.41 Å². The normalized spacial score (nSPS) is 11.2. The first-order valence-electron chi connectivity index (χ1n) is 2.84. The molecule has 0 spiro atoms. The summed E-state index contributed by atoms with van der Waals surface area (Å²) >= 11 is 0. The molecule has 0 saturated heterocycles. The summed E-state index contributed by atoms with van der Waals surface area (Å²) in [6.45, 7) is 1.61. The van der Waals surface area contributed by atoms with Gasteiger partial charge >= 0.3 is 0 Å². The van der Waals surface area contributed by atoms with Crippen LogP contribution < -0.4 is 0 Å². The fourth-order valence-electron chi connectivity index (χ4n) is 0.454. The van der Waals surface area contributed by atoms with Gasteiger partial charge in [-0.25, -0.2) is 0 Å². The Balaban J connectivity index is 4.17. The molecule has 4 heteroatoms. The third-order valence-electron chi connectivity index (χ3n) is 1.40. The van der Waals surface area contributed by atoms with Crippen molar-refractivity contribution in [1.82, 2.24) is 0 Å². The van der Waals surface area contributed by atoms with Gasteiger partial charge in [0.15, 0.2) is 0 Å². The highest BCUT2D eigenvalue weighted by atomic mass is 16.7. The van der Waals surface area contributed by atoms with Crippen molar-refractivity contribution in [3.63, 3.8) is 0 Å². The maximum absolute atomic E-state index is 7.22. The van der Waals surface area contributed by atoms with Crippen LogP contribution in [0.2, 0.25) is 0 Å². The number of methoxy groups -OCH3 is 3. The van der Waals surface area contributed by atoms with Gasteiger partial charge in [-0.05, 0) is 6.92 Å². The molecule has 0 amide bonds. The van der Waals surface area contributed by atoms with Crippen molar-refractivity contribution in [2.45, 2.75) is 12.7 Å². The van der Waals surface area contributed by atoms with E-state index in [-0.39, 0.29) is 5.90 Å². The van der Waals surface area contributed by atoms with Crippen molar-refractivity contribution < 1.29 is 14.2 Å². The van der Waals surface area contributed by atoms with Crippen LogP contribution in [0.4, 0.5) is 0 Å². The van der Waals surface area contributed by atoms with E-state index in [0.29, 0.717) is 0 Å². The summed E-state index contributed by atoms with van der Waals surface area (Å²) in [6, 6.07) is 0. The summed E-state index contributed by atoms with van der Waals surface area (Å²) in [7, 11) is 4.31. The van der Waals surface area contributed by atoms with Crippen molar-refractivity contribution in [2.24, 2.45) is 0 Å². The zero-order valence-corrected chi connectivity index (χ0v) is 6.72. The van der Waals surface area contributed by atoms with Gasteiger partial charge in [-0.1, -0.05) is 0 Å². The molecule has 0 bridgehead atoms. The zero-order chi connectivity index (χ0) is 8.20. The molecular formula is C6H13NO3. The number of rotatable bonds is 3. The molecule has 0 atom stereocenters. The SMILES string of the molecule is COC(=N)C(C)(OC)OC. The van der Waals surface area contributed by atoms with Gasteiger partial charge in [0, 0.05) is 14.2 Å². The van der Waals surface area contributed by atoms with Crippen LogP contribution >= 0.6 is 0 Å². The second-order valence-corrected chi connectivity index (χ2v) is 1.89. The Kier molecular flexibility index (Phi) is 3.32. The molecule has 0 aromatic heterocycles. The first-order chi connectivity index (χ1) is 4.60. The number of nitrogens with one attached hydrogen (secondary N) is 1. The molecule has 0 aromatic carbocycles. The van der Waals surface area contributed by atoms with Crippen LogP contribution in [-0.2, 0) is 14.2 Å². The summed E-state index contributed by atoms with van der Waals surface area (Å²) in [5, 5.41) is 7.22. The smallest absolute Gasteiger partial charge is 0.242 e. The minimum atomic E-state index is -1.05. The summed E-state index contributed by atoms with van der Waals surface area (Å²) in [4.78, 5) is 0. The lowest BCUT2D eigenvalue weighted by Gasteiger charge is -2.24. The lowest BCUT2D eigenvalue weighted by molar-refractivity contribution is -0.151. The fourth-order valence-corrected chi connectivity index (χ4v) is 0.454. The van der Waals surface area contributed by atoms with E-state index in [9.17, 15) is 0 Å². The maximum atomic E-state index is 7.22. The molecule has 0 radical (unpaired) electrons. The Bertz CT molecular complexity index is 120. The van der Waals surface area contributed by atoms with Gasteiger partial charge in [-0.3, -0.25) is 5.41 Å². The molecule has 60 valence electrons. The molecule has 0 aliphatic rings. The van der Waals surface area contributed by atoms with Crippen LogP contribution in [-0.4, -0.2) is 33.0 Å². The molecule has 0 saturated carbocycles. The first kappa shape index (κ1) is 9.39. The summed E-state index contributed by atoms with van der Waals surface area (Å²) in [6.07, 6.45) is 0. The van der Waals surface area contributed by atoms with Crippen molar-refractivity contribution >= 4 is 5.90 Å². The molecule has 0 aliphatic heterocycles. The standard InChI is InChI=1S/C6H13NO3/c1-6(9-3,10-4)5(7)8-2/h7H,1-4H3. The van der Waals surface area contributed by atoms with E-state index in [1.54, 1.807) is 6.92 Å². The van der Waals surface area contributed by atoms with Crippen LogP contribution in [0.3, 0.4) is 0 Å². The Morgan fingerprint density at radius 3 is 1.70 bits per heavy atom. The molecule has 0 rings (SSSR count). The highest BCUT2D eigenvalue weighted by Gasteiger charge is 2.30. The van der Waals surface area contributed by atoms with Gasteiger partial charge in [-0.15, -0.1) is 0 Å². The van der Waals surface area contributed by atoms with Crippen LogP contribution in [0.5, 0.6) is 0 Å². The third kappa shape index (κ3) is 1.68. The van der Waals surface area contributed by atoms with Gasteiger partial charge in [-0.2, -0.15) is 0 Å². The van der Waals surface area contributed by atoms with E-state index in [1.165, 1.54) is 21.3 Å². The van der Waals surface area contributed by atoms with Crippen LogP contribution in [0.15, 0.2) is 0 Å². The Morgan fingerprint density at radius 2 is 1.60 bits per heavy atom. The molecule has 0 unspecified atom stereocenters. The monoisotopic (exact) mass is 147 g/mol. The third-order valence-corrected chi connectivity index (χ3v) is 1.40. The quantitative estimate of drug-likeness (QED) is 0.361. The molecule has 0 heterocycles. The number of hydrogen-bond donors (Lipinski definition) is 1. The predicted molar refractivity (Wildman–Crippen MR) is 37.2 cm³/mol. The molecule has 0 aliphatic carbocycles. The van der Waals surface area contributed by atoms with Crippen molar-refractivity contribution in [2.75, 3.05) is 21.3 Å². The maximum Gasteiger partial charge on any atom is 0.242 e. The van der Waals surface area contributed by atoms with Gasteiger partial charge in [0.25, 0.3) is 0 Å². The molecule has 0 aromatic rings. The van der Waals surface area contributed by atoms with Crippen LogP contribution in [0.25, 0.3) is 0 Å². The number of ether oxygens (including phenoxy) is 3. The molecule has 4 nitrogen and oxygen atoms in total. The van der Waals surface area contributed by atoms with E-state index in [2.05, 4.69) is 4.74 Å². The first-order valence-corrected chi connectivity index (χ1v) is 2.84. The second kappa shape index (κ2) is 3.53. The average molecular weight is 147 g/mol. The van der Waals surface area contributed by atoms with Gasteiger partial charge < -0.3 is 14.2 Å². The lowest BCUT2D eigenvalue weighted by atomic mass is 10.3. The molecule has 10 heavy (non-hydrogen) atoms. The minimum Gasteiger partial charge on any atom is -0.481 e. The van der Waals surface area contributed by atoms with E-state index in [0.717, 1.165) is 0 Å². The van der Waals surface area contributed by atoms with E-state index in [1.807, 2.05) is 0 Å². The van der Waals surface area contributed by atoms with Crippen molar-refractivity contribution in [3.8, 4) is 0 Å². The van der Waals surface area contributed by atoms with Gasteiger partial charge in [0.1, 0.15) is 0 Å². The highest BCUT2D eigenvalue weighted by molar-refractivity contribution is 5.80. The number of hydrogen-bond acceptors (Lipinski definition) is 4. The summed E-state index contributed by atoms with van der Waals surface area (Å²) in [5.74, 6) is -1.09. The van der Waals surface area contributed by atoms with Gasteiger partial charge in [0.05, 0.1) is 7.11 Å². The van der Waals surface area contributed by atoms with E-state index in [4.69, 9.17) is 14.9 Å². The van der Waals surface area contributed by atoms with Crippen molar-refractivity contribution in [3.05, 3.63) is 0 Å². The van der Waals surface area contributed by atoms with Crippen LogP contribution in [0.1, 0.15) is 6.92 Å². The molecule has 0 fully saturated rings. The Morgan fingerprint density at radius 1 is 1.20 bits per heavy atom. The predicted octanol–water partition coefficient (Wildman–Crippen LogP) is 0.619. The molecular weight excluding hydrogens is 134 g/mol. The minimum absolute atomic E-state index is 0.0440. The molecule has 1 N–H and O–H groups in total. The Hall–Kier alpha value is -0.610. The summed E-state index contributed by atoms with van der Waals surface area (Å²) < 4.78 is 14.4. The second-order valence-electron chi connectivity index (χ2n) is 1.89. The average Bonchev–Trinajstić information content (AvgIpc) is 2.01. The Labute approximate surface area is 60.6 Å². The largest absolute Gasteiger partial charge is 0.481 e. The van der Waals surface area contributed by atoms with E-state index < -0.39 is 5.79 Å². The van der Waals surface area contributed by atoms with Gasteiger partial charge in [0.2, 0.25) is 11.7 Å². The zero-order valence-electron chi connectivity index (χ0n) is 6.72. The highest BCUT2D eigenvalue weighted by Crippen LogP contribution is 2.11. The van der Waals surface area contributed by atoms with Crippen molar-refractivity contribution in [1.29, 1.82) is 5.41 Å². The summed E-state index contributed by atoms with van der Waals surface area (Å²) in [5.41, 5.74) is 0. The lowest BCUT2D eigenvalue weighted by Crippen LogP contribution is -2.39. The fraction of sp³-hybridized carbons (Fsp3) is 0.833.